The van der Waals surface area contributed by atoms with Gasteiger partial charge in [0.05, 0.1) is 0 Å². The number of hydrogen-bond acceptors (Lipinski definition) is 3. The van der Waals surface area contributed by atoms with Crippen LogP contribution in [0.25, 0.3) is 10.9 Å². The quantitative estimate of drug-likeness (QED) is 0.356. The summed E-state index contributed by atoms with van der Waals surface area (Å²) in [7, 11) is 0. The van der Waals surface area contributed by atoms with Gasteiger partial charge in [-0.2, -0.15) is 0 Å². The predicted molar refractivity (Wildman–Crippen MR) is 130 cm³/mol. The van der Waals surface area contributed by atoms with Crippen molar-refractivity contribution in [2.75, 3.05) is 13.2 Å². The van der Waals surface area contributed by atoms with E-state index in [9.17, 15) is 9.59 Å². The van der Waals surface area contributed by atoms with Crippen LogP contribution in [0.4, 0.5) is 0 Å². The molecule has 0 aliphatic heterocycles. The standard InChI is InChI=1S/C28H28N2O3/c31-27(21-33-28(32)16-15-24-19-29-26-14-8-7-13-25(24)26)30(20-23-11-5-2-6-12-23)18-17-22-9-3-1-4-10-22/h1-14,19,29H,15-18,20-21H2. The Morgan fingerprint density at radius 2 is 1.45 bits per heavy atom. The predicted octanol–water partition coefficient (Wildman–Crippen LogP) is 4.92. The summed E-state index contributed by atoms with van der Waals surface area (Å²) in [6.07, 6.45) is 3.47. The van der Waals surface area contributed by atoms with Crippen LogP contribution in [0.1, 0.15) is 23.1 Å². The molecule has 0 saturated carbocycles. The Hall–Kier alpha value is -3.86. The third-order valence-corrected chi connectivity index (χ3v) is 5.71. The zero-order chi connectivity index (χ0) is 22.9. The second-order valence-corrected chi connectivity index (χ2v) is 8.06. The Kier molecular flexibility index (Phi) is 7.54. The molecule has 0 fully saturated rings. The topological polar surface area (TPSA) is 62.4 Å². The van der Waals surface area contributed by atoms with Gasteiger partial charge in [-0.1, -0.05) is 78.9 Å². The Labute approximate surface area is 194 Å². The normalized spacial score (nSPS) is 10.8. The zero-order valence-corrected chi connectivity index (χ0v) is 18.6. The summed E-state index contributed by atoms with van der Waals surface area (Å²) in [6, 6.07) is 27.9. The van der Waals surface area contributed by atoms with Crippen LogP contribution < -0.4 is 0 Å². The van der Waals surface area contributed by atoms with Crippen molar-refractivity contribution < 1.29 is 14.3 Å². The molecule has 0 spiro atoms. The van der Waals surface area contributed by atoms with Gasteiger partial charge in [-0.25, -0.2) is 0 Å². The number of para-hydroxylation sites is 1. The lowest BCUT2D eigenvalue weighted by Gasteiger charge is -2.23. The van der Waals surface area contributed by atoms with Crippen molar-refractivity contribution in [3.63, 3.8) is 0 Å². The molecule has 1 N–H and O–H groups in total. The van der Waals surface area contributed by atoms with E-state index in [4.69, 9.17) is 4.74 Å². The molecule has 1 amide bonds. The average molecular weight is 441 g/mol. The van der Waals surface area contributed by atoms with Crippen molar-refractivity contribution in [3.8, 4) is 0 Å². The van der Waals surface area contributed by atoms with Crippen molar-refractivity contribution in [2.24, 2.45) is 0 Å². The number of carbonyl (C=O) groups is 2. The molecule has 0 aliphatic carbocycles. The first-order valence-corrected chi connectivity index (χ1v) is 11.3. The lowest BCUT2D eigenvalue weighted by Crippen LogP contribution is -2.35. The Morgan fingerprint density at radius 3 is 2.21 bits per heavy atom. The van der Waals surface area contributed by atoms with Crippen LogP contribution in [0, 0.1) is 0 Å². The number of rotatable bonds is 10. The highest BCUT2D eigenvalue weighted by Gasteiger charge is 2.17. The minimum Gasteiger partial charge on any atom is -0.456 e. The maximum absolute atomic E-state index is 12.9. The molecule has 33 heavy (non-hydrogen) atoms. The number of carbonyl (C=O) groups excluding carboxylic acids is 2. The fraction of sp³-hybridized carbons (Fsp3) is 0.214. The van der Waals surface area contributed by atoms with Crippen LogP contribution in [0.15, 0.2) is 91.1 Å². The van der Waals surface area contributed by atoms with E-state index in [0.717, 1.165) is 28.5 Å². The van der Waals surface area contributed by atoms with Gasteiger partial charge in [0.25, 0.3) is 5.91 Å². The monoisotopic (exact) mass is 440 g/mol. The zero-order valence-electron chi connectivity index (χ0n) is 18.6. The minimum absolute atomic E-state index is 0.185. The van der Waals surface area contributed by atoms with E-state index in [-0.39, 0.29) is 24.9 Å². The first-order valence-electron chi connectivity index (χ1n) is 11.3. The Morgan fingerprint density at radius 1 is 0.788 bits per heavy atom. The van der Waals surface area contributed by atoms with Crippen molar-refractivity contribution in [2.45, 2.75) is 25.8 Å². The Balaban J connectivity index is 1.31. The molecule has 5 heteroatoms. The summed E-state index contributed by atoms with van der Waals surface area (Å²) >= 11 is 0. The first-order chi connectivity index (χ1) is 16.2. The van der Waals surface area contributed by atoms with Crippen LogP contribution >= 0.6 is 0 Å². The number of nitrogens with one attached hydrogen (secondary N) is 1. The maximum Gasteiger partial charge on any atom is 0.306 e. The van der Waals surface area contributed by atoms with Crippen LogP contribution in [0.3, 0.4) is 0 Å². The summed E-state index contributed by atoms with van der Waals surface area (Å²) in [5, 5.41) is 1.11. The van der Waals surface area contributed by atoms with Crippen molar-refractivity contribution in [3.05, 3.63) is 108 Å². The third-order valence-electron chi connectivity index (χ3n) is 5.71. The van der Waals surface area contributed by atoms with E-state index in [1.54, 1.807) is 4.90 Å². The number of aromatic nitrogens is 1. The van der Waals surface area contributed by atoms with Gasteiger partial charge in [-0.3, -0.25) is 9.59 Å². The molecule has 0 aliphatic rings. The molecular formula is C28H28N2O3. The molecule has 0 radical (unpaired) electrons. The van der Waals surface area contributed by atoms with Crippen LogP contribution in [0.5, 0.6) is 0 Å². The van der Waals surface area contributed by atoms with Crippen molar-refractivity contribution in [1.82, 2.24) is 9.88 Å². The molecule has 0 atom stereocenters. The van der Waals surface area contributed by atoms with Crippen molar-refractivity contribution in [1.29, 1.82) is 0 Å². The maximum atomic E-state index is 12.9. The van der Waals surface area contributed by atoms with Crippen molar-refractivity contribution >= 4 is 22.8 Å². The molecule has 1 aromatic heterocycles. The molecule has 0 unspecified atom stereocenters. The van der Waals surface area contributed by atoms with E-state index < -0.39 is 0 Å². The van der Waals surface area contributed by atoms with Gasteiger partial charge in [-0.05, 0) is 35.6 Å². The molecule has 4 aromatic rings. The molecule has 5 nitrogen and oxygen atoms in total. The van der Waals surface area contributed by atoms with Crippen LogP contribution in [-0.4, -0.2) is 34.9 Å². The molecule has 1 heterocycles. The Bertz CT molecular complexity index is 1190. The lowest BCUT2D eigenvalue weighted by atomic mass is 10.1. The third kappa shape index (κ3) is 6.32. The van der Waals surface area contributed by atoms with Gasteiger partial charge in [0.15, 0.2) is 6.61 Å². The summed E-state index contributed by atoms with van der Waals surface area (Å²) < 4.78 is 5.34. The van der Waals surface area contributed by atoms with Gasteiger partial charge < -0.3 is 14.6 Å². The van der Waals surface area contributed by atoms with Gasteiger partial charge in [0, 0.05) is 36.6 Å². The van der Waals surface area contributed by atoms with Gasteiger partial charge in [-0.15, -0.1) is 0 Å². The van der Waals surface area contributed by atoms with Crippen LogP contribution in [-0.2, 0) is 33.7 Å². The van der Waals surface area contributed by atoms with E-state index in [1.807, 2.05) is 79.0 Å². The number of nitrogens with zero attached hydrogens (tertiary/aromatic N) is 1. The highest BCUT2D eigenvalue weighted by Crippen LogP contribution is 2.19. The van der Waals surface area contributed by atoms with Gasteiger partial charge >= 0.3 is 5.97 Å². The summed E-state index contributed by atoms with van der Waals surface area (Å²) in [6.45, 7) is 0.804. The number of amides is 1. The van der Waals surface area contributed by atoms with E-state index in [1.165, 1.54) is 5.56 Å². The van der Waals surface area contributed by atoms with Gasteiger partial charge in [0.2, 0.25) is 0 Å². The largest absolute Gasteiger partial charge is 0.456 e. The molecular weight excluding hydrogens is 412 g/mol. The highest BCUT2D eigenvalue weighted by atomic mass is 16.5. The smallest absolute Gasteiger partial charge is 0.306 e. The van der Waals surface area contributed by atoms with E-state index in [0.29, 0.717) is 19.5 Å². The highest BCUT2D eigenvalue weighted by molar-refractivity contribution is 5.84. The minimum atomic E-state index is -0.364. The number of aryl methyl sites for hydroxylation is 1. The average Bonchev–Trinajstić information content (AvgIpc) is 3.28. The number of aromatic amines is 1. The molecule has 0 bridgehead atoms. The molecule has 4 rings (SSSR count). The molecule has 3 aromatic carbocycles. The van der Waals surface area contributed by atoms with E-state index in [2.05, 4.69) is 17.1 Å². The second-order valence-electron chi connectivity index (χ2n) is 8.06. The SMILES string of the molecule is O=C(CCc1c[nH]c2ccccc12)OCC(=O)N(CCc1ccccc1)Cc1ccccc1. The number of fused-ring (bicyclic) bond motifs is 1. The summed E-state index contributed by atoms with van der Waals surface area (Å²) in [5.74, 6) is -0.549. The number of hydrogen-bond donors (Lipinski definition) is 1. The number of ether oxygens (including phenoxy) is 1. The fourth-order valence-electron chi connectivity index (χ4n) is 3.89. The number of benzene rings is 3. The number of esters is 1. The second kappa shape index (κ2) is 11.1. The van der Waals surface area contributed by atoms with Crippen LogP contribution in [0.2, 0.25) is 0 Å². The summed E-state index contributed by atoms with van der Waals surface area (Å²) in [4.78, 5) is 30.2. The first kappa shape index (κ1) is 22.3. The molecule has 0 saturated heterocycles. The summed E-state index contributed by atoms with van der Waals surface area (Å²) in [5.41, 5.74) is 4.33. The lowest BCUT2D eigenvalue weighted by molar-refractivity contribution is -0.152. The fourth-order valence-corrected chi connectivity index (χ4v) is 3.89. The van der Waals surface area contributed by atoms with Gasteiger partial charge in [0.1, 0.15) is 0 Å². The van der Waals surface area contributed by atoms with E-state index >= 15 is 0 Å². The molecule has 168 valence electrons. The number of H-pyrrole nitrogens is 1.